The van der Waals surface area contributed by atoms with E-state index in [2.05, 4.69) is 6.92 Å². The van der Waals surface area contributed by atoms with Gasteiger partial charge < -0.3 is 5.73 Å². The minimum absolute atomic E-state index is 0.0150. The summed E-state index contributed by atoms with van der Waals surface area (Å²) in [6.07, 6.45) is 0.921. The molecule has 2 aromatic carbocycles. The number of benzene rings is 2. The zero-order chi connectivity index (χ0) is 14.8. The predicted molar refractivity (Wildman–Crippen MR) is 82.6 cm³/mol. The van der Waals surface area contributed by atoms with E-state index in [0.29, 0.717) is 0 Å². The summed E-state index contributed by atoms with van der Waals surface area (Å²) in [5.41, 5.74) is 7.82. The molecule has 5 heteroatoms. The van der Waals surface area contributed by atoms with Gasteiger partial charge in [-0.3, -0.25) is 0 Å². The van der Waals surface area contributed by atoms with Crippen molar-refractivity contribution in [3.05, 3.63) is 58.6 Å². The molecule has 20 heavy (non-hydrogen) atoms. The zero-order valence-corrected chi connectivity index (χ0v) is 12.7. The smallest absolute Gasteiger partial charge is 0.186 e. The third-order valence-electron chi connectivity index (χ3n) is 3.10. The van der Waals surface area contributed by atoms with E-state index in [1.807, 2.05) is 24.3 Å². The number of sulfone groups is 1. The Balaban J connectivity index is 2.35. The van der Waals surface area contributed by atoms with Crippen LogP contribution in [0.15, 0.2) is 47.4 Å². The number of anilines is 1. The molecule has 0 unspecified atom stereocenters. The van der Waals surface area contributed by atoms with Crippen molar-refractivity contribution >= 4 is 27.1 Å². The third-order valence-corrected chi connectivity index (χ3v) is 5.31. The van der Waals surface area contributed by atoms with Crippen LogP contribution in [0.5, 0.6) is 0 Å². The van der Waals surface area contributed by atoms with Crippen molar-refractivity contribution in [2.75, 3.05) is 5.73 Å². The summed E-state index contributed by atoms with van der Waals surface area (Å²) in [4.78, 5) is 0.0150. The molecule has 0 aliphatic carbocycles. The highest BCUT2D eigenvalue weighted by molar-refractivity contribution is 7.91. The number of hydrogen-bond donors (Lipinski definition) is 1. The quantitative estimate of drug-likeness (QED) is 0.880. The Labute approximate surface area is 124 Å². The Kier molecular flexibility index (Phi) is 4.35. The Bertz CT molecular complexity index is 689. The maximum absolute atomic E-state index is 12.4. The second-order valence-corrected chi connectivity index (χ2v) is 6.92. The topological polar surface area (TPSA) is 60.2 Å². The second kappa shape index (κ2) is 5.85. The average Bonchev–Trinajstić information content (AvgIpc) is 2.38. The normalized spacial score (nSPS) is 11.5. The van der Waals surface area contributed by atoms with Gasteiger partial charge in [0.2, 0.25) is 0 Å². The number of nitrogen functional groups attached to an aromatic ring is 1. The van der Waals surface area contributed by atoms with Crippen LogP contribution in [0.1, 0.15) is 18.1 Å². The van der Waals surface area contributed by atoms with Gasteiger partial charge in [0, 0.05) is 0 Å². The lowest BCUT2D eigenvalue weighted by Gasteiger charge is -2.09. The molecule has 0 radical (unpaired) electrons. The Morgan fingerprint density at radius 1 is 1.05 bits per heavy atom. The third kappa shape index (κ3) is 3.14. The molecular weight excluding hydrogens is 294 g/mol. The van der Waals surface area contributed by atoms with Crippen LogP contribution in [-0.2, 0) is 22.0 Å². The molecule has 0 saturated carbocycles. The molecule has 0 aliphatic rings. The molecule has 0 saturated heterocycles. The average molecular weight is 310 g/mol. The molecular formula is C15H16ClNO2S. The molecule has 2 N–H and O–H groups in total. The number of nitrogens with two attached hydrogens (primary N) is 1. The van der Waals surface area contributed by atoms with E-state index < -0.39 is 9.84 Å². The van der Waals surface area contributed by atoms with E-state index in [1.165, 1.54) is 11.6 Å². The second-order valence-electron chi connectivity index (χ2n) is 4.59. The largest absolute Gasteiger partial charge is 0.398 e. The van der Waals surface area contributed by atoms with Crippen molar-refractivity contribution in [2.24, 2.45) is 0 Å². The summed E-state index contributed by atoms with van der Waals surface area (Å²) in [5.74, 6) is -0.106. The molecule has 106 valence electrons. The van der Waals surface area contributed by atoms with Gasteiger partial charge >= 0.3 is 0 Å². The van der Waals surface area contributed by atoms with E-state index >= 15 is 0 Å². The zero-order valence-electron chi connectivity index (χ0n) is 11.1. The van der Waals surface area contributed by atoms with Gasteiger partial charge in [0.1, 0.15) is 4.90 Å². The number of aryl methyl sites for hydroxylation is 1. The van der Waals surface area contributed by atoms with Crippen LogP contribution in [0.4, 0.5) is 5.69 Å². The maximum Gasteiger partial charge on any atom is 0.186 e. The van der Waals surface area contributed by atoms with Crippen LogP contribution in [-0.4, -0.2) is 8.42 Å². The molecule has 2 rings (SSSR count). The van der Waals surface area contributed by atoms with Crippen LogP contribution in [0.3, 0.4) is 0 Å². The fourth-order valence-electron chi connectivity index (χ4n) is 2.02. The van der Waals surface area contributed by atoms with Crippen molar-refractivity contribution in [1.82, 2.24) is 0 Å². The lowest BCUT2D eigenvalue weighted by Crippen LogP contribution is -2.08. The van der Waals surface area contributed by atoms with Crippen molar-refractivity contribution in [1.29, 1.82) is 0 Å². The highest BCUT2D eigenvalue weighted by Crippen LogP contribution is 2.29. The maximum atomic E-state index is 12.4. The molecule has 0 amide bonds. The summed E-state index contributed by atoms with van der Waals surface area (Å²) in [6.45, 7) is 2.05. The summed E-state index contributed by atoms with van der Waals surface area (Å²) >= 11 is 5.97. The highest BCUT2D eigenvalue weighted by atomic mass is 35.5. The van der Waals surface area contributed by atoms with E-state index in [4.69, 9.17) is 17.3 Å². The first-order valence-electron chi connectivity index (χ1n) is 6.28. The monoisotopic (exact) mass is 309 g/mol. The van der Waals surface area contributed by atoms with Gasteiger partial charge in [0.25, 0.3) is 0 Å². The van der Waals surface area contributed by atoms with Gasteiger partial charge in [-0.1, -0.05) is 48.9 Å². The van der Waals surface area contributed by atoms with Crippen LogP contribution in [0.25, 0.3) is 0 Å². The first-order chi connectivity index (χ1) is 9.44. The SMILES string of the molecule is CCc1ccc(CS(=O)(=O)c2c(N)cccc2Cl)cc1. The van der Waals surface area contributed by atoms with Crippen LogP contribution >= 0.6 is 11.6 Å². The van der Waals surface area contributed by atoms with Gasteiger partial charge in [-0.25, -0.2) is 8.42 Å². The first-order valence-corrected chi connectivity index (χ1v) is 8.31. The summed E-state index contributed by atoms with van der Waals surface area (Å²) in [6, 6.07) is 12.2. The minimum atomic E-state index is -3.55. The Morgan fingerprint density at radius 2 is 1.65 bits per heavy atom. The van der Waals surface area contributed by atoms with Crippen molar-refractivity contribution < 1.29 is 8.42 Å². The summed E-state index contributed by atoms with van der Waals surface area (Å²) in [5, 5.41) is 0.162. The molecule has 0 aliphatic heterocycles. The van der Waals surface area contributed by atoms with Crippen LogP contribution in [0.2, 0.25) is 5.02 Å². The van der Waals surface area contributed by atoms with E-state index in [0.717, 1.165) is 12.0 Å². The number of hydrogen-bond acceptors (Lipinski definition) is 3. The van der Waals surface area contributed by atoms with Gasteiger partial charge in [-0.05, 0) is 29.7 Å². The van der Waals surface area contributed by atoms with Crippen molar-refractivity contribution in [3.8, 4) is 0 Å². The van der Waals surface area contributed by atoms with Gasteiger partial charge in [0.15, 0.2) is 9.84 Å². The Hall–Kier alpha value is -1.52. The number of halogens is 1. The summed E-state index contributed by atoms with van der Waals surface area (Å²) < 4.78 is 24.9. The molecule has 0 heterocycles. The van der Waals surface area contributed by atoms with Crippen molar-refractivity contribution in [2.45, 2.75) is 24.0 Å². The molecule has 0 bridgehead atoms. The fraction of sp³-hybridized carbons (Fsp3) is 0.200. The van der Waals surface area contributed by atoms with Gasteiger partial charge in [0.05, 0.1) is 16.5 Å². The van der Waals surface area contributed by atoms with Gasteiger partial charge in [-0.15, -0.1) is 0 Å². The fourth-order valence-corrected chi connectivity index (χ4v) is 4.12. The Morgan fingerprint density at radius 3 is 2.20 bits per heavy atom. The summed E-state index contributed by atoms with van der Waals surface area (Å²) in [7, 11) is -3.55. The molecule has 2 aromatic rings. The lowest BCUT2D eigenvalue weighted by atomic mass is 10.1. The van der Waals surface area contributed by atoms with Gasteiger partial charge in [-0.2, -0.15) is 0 Å². The first kappa shape index (κ1) is 14.9. The van der Waals surface area contributed by atoms with Crippen LogP contribution in [0, 0.1) is 0 Å². The predicted octanol–water partition coefficient (Wildman–Crippen LogP) is 3.46. The van der Waals surface area contributed by atoms with E-state index in [9.17, 15) is 8.42 Å². The van der Waals surface area contributed by atoms with Crippen molar-refractivity contribution in [3.63, 3.8) is 0 Å². The molecule has 3 nitrogen and oxygen atoms in total. The molecule has 0 aromatic heterocycles. The molecule has 0 atom stereocenters. The van der Waals surface area contributed by atoms with E-state index in [1.54, 1.807) is 12.1 Å². The van der Waals surface area contributed by atoms with E-state index in [-0.39, 0.29) is 21.4 Å². The molecule has 0 spiro atoms. The van der Waals surface area contributed by atoms with Crippen LogP contribution < -0.4 is 5.73 Å². The lowest BCUT2D eigenvalue weighted by molar-refractivity contribution is 0.595. The standard InChI is InChI=1S/C15H16ClNO2S/c1-2-11-6-8-12(9-7-11)10-20(18,19)15-13(16)4-3-5-14(15)17/h3-9H,2,10,17H2,1H3. The molecule has 0 fully saturated rings. The highest BCUT2D eigenvalue weighted by Gasteiger charge is 2.21. The minimum Gasteiger partial charge on any atom is -0.398 e. The number of rotatable bonds is 4.